The van der Waals surface area contributed by atoms with Crippen molar-refractivity contribution < 1.29 is 9.53 Å². The summed E-state index contributed by atoms with van der Waals surface area (Å²) in [6.45, 7) is 2.12. The lowest BCUT2D eigenvalue weighted by molar-refractivity contribution is 0.0893. The van der Waals surface area contributed by atoms with E-state index in [0.717, 1.165) is 41.4 Å². The summed E-state index contributed by atoms with van der Waals surface area (Å²) in [7, 11) is 1.53. The summed E-state index contributed by atoms with van der Waals surface area (Å²) in [5.41, 5.74) is 3.31. The van der Waals surface area contributed by atoms with E-state index < -0.39 is 0 Å². The molecule has 0 amide bonds. The molecule has 0 bridgehead atoms. The zero-order valence-corrected chi connectivity index (χ0v) is 13.9. The van der Waals surface area contributed by atoms with Crippen molar-refractivity contribution in [3.8, 4) is 17.1 Å². The normalized spacial score (nSPS) is 10.9. The molecule has 6 heteroatoms. The molecule has 0 N–H and O–H groups in total. The molecule has 2 heterocycles. The van der Waals surface area contributed by atoms with Crippen molar-refractivity contribution in [2.45, 2.75) is 32.6 Å². The number of methoxy groups -OCH3 is 1. The summed E-state index contributed by atoms with van der Waals surface area (Å²) in [6, 6.07) is 6.09. The quantitative estimate of drug-likeness (QED) is 0.646. The Labute approximate surface area is 140 Å². The van der Waals surface area contributed by atoms with Gasteiger partial charge in [-0.25, -0.2) is 14.5 Å². The van der Waals surface area contributed by atoms with Gasteiger partial charge in [-0.1, -0.05) is 25.8 Å². The third kappa shape index (κ3) is 3.13. The maximum absolute atomic E-state index is 12.6. The number of imidazole rings is 1. The molecule has 0 radical (unpaired) electrons. The fourth-order valence-electron chi connectivity index (χ4n) is 2.70. The van der Waals surface area contributed by atoms with E-state index in [1.807, 2.05) is 18.2 Å². The highest BCUT2D eigenvalue weighted by Crippen LogP contribution is 2.27. The first-order valence-electron chi connectivity index (χ1n) is 8.09. The van der Waals surface area contributed by atoms with Crippen LogP contribution in [0.3, 0.4) is 0 Å². The lowest BCUT2D eigenvalue weighted by Crippen LogP contribution is -2.11. The third-order valence-electron chi connectivity index (χ3n) is 3.94. The Morgan fingerprint density at radius 2 is 1.96 bits per heavy atom. The van der Waals surface area contributed by atoms with Crippen LogP contribution in [0.15, 0.2) is 36.9 Å². The van der Waals surface area contributed by atoms with Gasteiger partial charge in [-0.3, -0.25) is 4.79 Å². The van der Waals surface area contributed by atoms with Crippen LogP contribution in [-0.4, -0.2) is 32.5 Å². The predicted molar refractivity (Wildman–Crippen MR) is 92.1 cm³/mol. The number of ether oxygens (including phenoxy) is 1. The summed E-state index contributed by atoms with van der Waals surface area (Å²) in [5.74, 6) is 0.00395. The number of hydrogen-bond acceptors (Lipinski definition) is 5. The molecule has 3 rings (SSSR count). The number of nitrogens with zero attached hydrogens (tertiary/aromatic N) is 4. The largest absolute Gasteiger partial charge is 0.468 e. The Morgan fingerprint density at radius 3 is 2.67 bits per heavy atom. The van der Waals surface area contributed by atoms with E-state index in [1.165, 1.54) is 13.4 Å². The lowest BCUT2D eigenvalue weighted by atomic mass is 10.1. The fraction of sp³-hybridized carbons (Fsp3) is 0.333. The summed E-state index contributed by atoms with van der Waals surface area (Å²) in [6.07, 6.45) is 8.44. The number of fused-ring (bicyclic) bond motifs is 1. The van der Waals surface area contributed by atoms with Crippen LogP contribution in [0.1, 0.15) is 37.4 Å². The number of aromatic nitrogens is 4. The third-order valence-corrected chi connectivity index (χ3v) is 3.94. The van der Waals surface area contributed by atoms with E-state index in [4.69, 9.17) is 4.74 Å². The molecular weight excluding hydrogens is 304 g/mol. The number of carbonyl (C=O) groups excluding carboxylic acids is 1. The molecule has 124 valence electrons. The van der Waals surface area contributed by atoms with Crippen LogP contribution in [0.4, 0.5) is 0 Å². The number of hydrogen-bond donors (Lipinski definition) is 0. The smallest absolute Gasteiger partial charge is 0.304 e. The van der Waals surface area contributed by atoms with Gasteiger partial charge in [0, 0.05) is 24.4 Å². The summed E-state index contributed by atoms with van der Waals surface area (Å²) < 4.78 is 6.88. The molecule has 0 saturated heterocycles. The second-order valence-electron chi connectivity index (χ2n) is 5.62. The highest BCUT2D eigenvalue weighted by Gasteiger charge is 2.18. The van der Waals surface area contributed by atoms with E-state index in [9.17, 15) is 4.79 Å². The predicted octanol–water partition coefficient (Wildman–Crippen LogP) is 3.72. The SMILES string of the molecule is CCCCCC(=O)n1c(OC)nc2ccc(-c3cncnc3)cc21. The van der Waals surface area contributed by atoms with Crippen molar-refractivity contribution in [1.29, 1.82) is 0 Å². The van der Waals surface area contributed by atoms with Gasteiger partial charge in [-0.2, -0.15) is 4.98 Å². The first-order valence-corrected chi connectivity index (χ1v) is 8.09. The van der Waals surface area contributed by atoms with Gasteiger partial charge >= 0.3 is 6.01 Å². The number of benzene rings is 1. The van der Waals surface area contributed by atoms with Crippen molar-refractivity contribution in [3.63, 3.8) is 0 Å². The Morgan fingerprint density at radius 1 is 1.17 bits per heavy atom. The molecule has 24 heavy (non-hydrogen) atoms. The molecule has 3 aromatic rings. The Kier molecular flexibility index (Phi) is 4.84. The summed E-state index contributed by atoms with van der Waals surface area (Å²) in [5, 5.41) is 0. The lowest BCUT2D eigenvalue weighted by Gasteiger charge is -2.07. The summed E-state index contributed by atoms with van der Waals surface area (Å²) >= 11 is 0. The molecule has 6 nitrogen and oxygen atoms in total. The van der Waals surface area contributed by atoms with Gasteiger partial charge < -0.3 is 4.74 Å². The minimum absolute atomic E-state index is 0.00395. The van der Waals surface area contributed by atoms with Crippen molar-refractivity contribution in [3.05, 3.63) is 36.9 Å². The molecule has 0 aliphatic carbocycles. The highest BCUT2D eigenvalue weighted by molar-refractivity contribution is 5.93. The van der Waals surface area contributed by atoms with Gasteiger partial charge in [0.25, 0.3) is 0 Å². The molecule has 0 unspecified atom stereocenters. The summed E-state index contributed by atoms with van der Waals surface area (Å²) in [4.78, 5) is 25.1. The van der Waals surface area contributed by atoms with Crippen LogP contribution in [0.2, 0.25) is 0 Å². The average Bonchev–Trinajstić information content (AvgIpc) is 3.00. The molecule has 0 atom stereocenters. The van der Waals surface area contributed by atoms with E-state index in [2.05, 4.69) is 21.9 Å². The van der Waals surface area contributed by atoms with Gasteiger partial charge in [0.15, 0.2) is 0 Å². The van der Waals surface area contributed by atoms with E-state index in [0.29, 0.717) is 12.4 Å². The van der Waals surface area contributed by atoms with Crippen molar-refractivity contribution in [2.75, 3.05) is 7.11 Å². The van der Waals surface area contributed by atoms with Crippen LogP contribution in [0, 0.1) is 0 Å². The maximum Gasteiger partial charge on any atom is 0.304 e. The van der Waals surface area contributed by atoms with Crippen molar-refractivity contribution in [1.82, 2.24) is 19.5 Å². The monoisotopic (exact) mass is 324 g/mol. The minimum Gasteiger partial charge on any atom is -0.468 e. The Hall–Kier alpha value is -2.76. The molecular formula is C18H20N4O2. The minimum atomic E-state index is 0.00395. The zero-order valence-electron chi connectivity index (χ0n) is 13.9. The molecule has 0 aliphatic heterocycles. The highest BCUT2D eigenvalue weighted by atomic mass is 16.5. The molecule has 1 aromatic carbocycles. The van der Waals surface area contributed by atoms with Gasteiger partial charge in [-0.15, -0.1) is 0 Å². The van der Waals surface area contributed by atoms with Crippen LogP contribution in [0.25, 0.3) is 22.2 Å². The molecule has 2 aromatic heterocycles. The zero-order chi connectivity index (χ0) is 16.9. The van der Waals surface area contributed by atoms with Gasteiger partial charge in [0.2, 0.25) is 5.91 Å². The Bertz CT molecular complexity index is 843. The van der Waals surface area contributed by atoms with Gasteiger partial charge in [-0.05, 0) is 24.1 Å². The van der Waals surface area contributed by atoms with E-state index in [-0.39, 0.29) is 5.91 Å². The van der Waals surface area contributed by atoms with Gasteiger partial charge in [0.05, 0.1) is 18.1 Å². The standard InChI is InChI=1S/C18H20N4O2/c1-3-4-5-6-17(23)22-16-9-13(14-10-19-12-20-11-14)7-8-15(16)21-18(22)24-2/h7-12H,3-6H2,1-2H3. The van der Waals surface area contributed by atoms with Crippen molar-refractivity contribution >= 4 is 16.9 Å². The molecule has 0 fully saturated rings. The Balaban J connectivity index is 2.04. The first kappa shape index (κ1) is 16.1. The number of unbranched alkanes of at least 4 members (excludes halogenated alkanes) is 2. The topological polar surface area (TPSA) is 69.9 Å². The van der Waals surface area contributed by atoms with E-state index >= 15 is 0 Å². The molecule has 0 aliphatic rings. The molecule has 0 saturated carbocycles. The maximum atomic E-state index is 12.6. The second kappa shape index (κ2) is 7.21. The van der Waals surface area contributed by atoms with Gasteiger partial charge in [0.1, 0.15) is 6.33 Å². The van der Waals surface area contributed by atoms with Crippen molar-refractivity contribution in [2.24, 2.45) is 0 Å². The molecule has 0 spiro atoms. The number of carbonyl (C=O) groups is 1. The first-order chi connectivity index (χ1) is 11.7. The average molecular weight is 324 g/mol. The number of rotatable bonds is 6. The van der Waals surface area contributed by atoms with Crippen LogP contribution in [-0.2, 0) is 0 Å². The fourth-order valence-corrected chi connectivity index (χ4v) is 2.70. The second-order valence-corrected chi connectivity index (χ2v) is 5.62. The van der Waals surface area contributed by atoms with Crippen LogP contribution < -0.4 is 4.74 Å². The van der Waals surface area contributed by atoms with Crippen LogP contribution >= 0.6 is 0 Å². The van der Waals surface area contributed by atoms with Crippen LogP contribution in [0.5, 0.6) is 6.01 Å². The van der Waals surface area contributed by atoms with E-state index in [1.54, 1.807) is 17.0 Å².